The van der Waals surface area contributed by atoms with Crippen molar-refractivity contribution in [2.45, 2.75) is 41.0 Å². The second kappa shape index (κ2) is 5.70. The monoisotopic (exact) mass is 217 g/mol. The van der Waals surface area contributed by atoms with Gasteiger partial charge in [0.1, 0.15) is 0 Å². The van der Waals surface area contributed by atoms with Crippen molar-refractivity contribution in [3.8, 4) is 6.07 Å². The maximum absolute atomic E-state index is 9.08. The highest BCUT2D eigenvalue weighted by atomic mass is 14.4. The molecule has 0 aliphatic carbocycles. The second-order valence-corrected chi connectivity index (χ2v) is 5.40. The molecule has 0 aliphatic heterocycles. The molecule has 0 aliphatic rings. The zero-order valence-electron chi connectivity index (χ0n) is 11.2. The van der Waals surface area contributed by atoms with Crippen molar-refractivity contribution in [1.29, 1.82) is 5.26 Å². The Morgan fingerprint density at radius 1 is 1.31 bits per heavy atom. The minimum absolute atomic E-state index is 0.00743. The third kappa shape index (κ3) is 4.49. The molecule has 1 nitrogen and oxygen atoms in total. The molecule has 0 aromatic heterocycles. The van der Waals surface area contributed by atoms with Crippen molar-refractivity contribution in [2.24, 2.45) is 10.8 Å². The van der Waals surface area contributed by atoms with Crippen LogP contribution in [0, 0.1) is 22.2 Å². The molecule has 16 heavy (non-hydrogen) atoms. The van der Waals surface area contributed by atoms with Gasteiger partial charge in [-0.2, -0.15) is 5.26 Å². The second-order valence-electron chi connectivity index (χ2n) is 5.40. The SMILES string of the molecule is C=C/C=C\C(=C/C)C(C)(C)CC(C)(C)C#N. The zero-order valence-corrected chi connectivity index (χ0v) is 11.2. The Hall–Kier alpha value is -1.29. The first-order chi connectivity index (χ1) is 7.29. The number of rotatable bonds is 5. The number of hydrogen-bond acceptors (Lipinski definition) is 1. The summed E-state index contributed by atoms with van der Waals surface area (Å²) in [5.41, 5.74) is 0.962. The summed E-state index contributed by atoms with van der Waals surface area (Å²) in [5.74, 6) is 0. The molecular formula is C15H23N. The Bertz CT molecular complexity index is 335. The largest absolute Gasteiger partial charge is 0.198 e. The fourth-order valence-corrected chi connectivity index (χ4v) is 2.13. The van der Waals surface area contributed by atoms with Gasteiger partial charge in [-0.1, -0.05) is 44.7 Å². The molecule has 0 spiro atoms. The average molecular weight is 217 g/mol. The van der Waals surface area contributed by atoms with Gasteiger partial charge in [0.2, 0.25) is 0 Å². The van der Waals surface area contributed by atoms with Gasteiger partial charge < -0.3 is 0 Å². The lowest BCUT2D eigenvalue weighted by Crippen LogP contribution is -2.23. The van der Waals surface area contributed by atoms with Crippen LogP contribution < -0.4 is 0 Å². The maximum atomic E-state index is 9.08. The van der Waals surface area contributed by atoms with Gasteiger partial charge in [0.05, 0.1) is 11.5 Å². The summed E-state index contributed by atoms with van der Waals surface area (Å²) in [5, 5.41) is 9.08. The molecule has 1 heteroatoms. The Balaban J connectivity index is 4.97. The van der Waals surface area contributed by atoms with Crippen LogP contribution in [-0.4, -0.2) is 0 Å². The standard InChI is InChI=1S/C15H23N/c1-7-9-10-13(8-2)15(5,6)11-14(3,4)12-16/h7-10H,1,11H2,2-6H3/b10-9-,13-8+. The fourth-order valence-electron chi connectivity index (χ4n) is 2.13. The number of hydrogen-bond donors (Lipinski definition) is 0. The molecule has 0 saturated carbocycles. The van der Waals surface area contributed by atoms with E-state index in [-0.39, 0.29) is 10.8 Å². The van der Waals surface area contributed by atoms with E-state index in [1.807, 2.05) is 26.8 Å². The lowest BCUT2D eigenvalue weighted by atomic mass is 9.71. The Morgan fingerprint density at radius 2 is 1.88 bits per heavy atom. The third-order valence-electron chi connectivity index (χ3n) is 2.69. The topological polar surface area (TPSA) is 23.8 Å². The summed E-state index contributed by atoms with van der Waals surface area (Å²) >= 11 is 0. The van der Waals surface area contributed by atoms with E-state index in [0.29, 0.717) is 0 Å². The predicted molar refractivity (Wildman–Crippen MR) is 70.9 cm³/mol. The quantitative estimate of drug-likeness (QED) is 0.615. The van der Waals surface area contributed by atoms with E-state index >= 15 is 0 Å². The van der Waals surface area contributed by atoms with Crippen LogP contribution in [0.15, 0.2) is 36.5 Å². The summed E-state index contributed by atoms with van der Waals surface area (Å²) in [6, 6.07) is 2.36. The molecule has 0 fully saturated rings. The van der Waals surface area contributed by atoms with E-state index in [1.54, 1.807) is 6.08 Å². The minimum atomic E-state index is -0.292. The first kappa shape index (κ1) is 14.7. The Kier molecular flexibility index (Phi) is 5.24. The van der Waals surface area contributed by atoms with Crippen LogP contribution in [-0.2, 0) is 0 Å². The van der Waals surface area contributed by atoms with Gasteiger partial charge in [0.15, 0.2) is 0 Å². The van der Waals surface area contributed by atoms with Crippen molar-refractivity contribution in [2.75, 3.05) is 0 Å². The lowest BCUT2D eigenvalue weighted by molar-refractivity contribution is 0.292. The number of nitriles is 1. The molecule has 0 heterocycles. The van der Waals surface area contributed by atoms with Crippen LogP contribution in [0.4, 0.5) is 0 Å². The molecular weight excluding hydrogens is 194 g/mol. The van der Waals surface area contributed by atoms with Crippen LogP contribution in [0.5, 0.6) is 0 Å². The summed E-state index contributed by atoms with van der Waals surface area (Å²) < 4.78 is 0. The van der Waals surface area contributed by atoms with Gasteiger partial charge in [-0.15, -0.1) is 0 Å². The zero-order chi connectivity index (χ0) is 12.8. The first-order valence-corrected chi connectivity index (χ1v) is 5.66. The van der Waals surface area contributed by atoms with E-state index in [9.17, 15) is 0 Å². The molecule has 0 unspecified atom stereocenters. The fraction of sp³-hybridized carbons (Fsp3) is 0.533. The van der Waals surface area contributed by atoms with Crippen molar-refractivity contribution in [3.63, 3.8) is 0 Å². The number of nitrogens with zero attached hydrogens (tertiary/aromatic N) is 1. The average Bonchev–Trinajstić information content (AvgIpc) is 2.17. The van der Waals surface area contributed by atoms with Crippen molar-refractivity contribution in [1.82, 2.24) is 0 Å². The number of allylic oxidation sites excluding steroid dienone is 5. The summed E-state index contributed by atoms with van der Waals surface area (Å²) in [7, 11) is 0. The molecule has 0 N–H and O–H groups in total. The van der Waals surface area contributed by atoms with Crippen molar-refractivity contribution >= 4 is 0 Å². The highest BCUT2D eigenvalue weighted by Gasteiger charge is 2.30. The van der Waals surface area contributed by atoms with Gasteiger partial charge in [-0.3, -0.25) is 0 Å². The summed E-state index contributed by atoms with van der Waals surface area (Å²) in [6.07, 6.45) is 8.73. The van der Waals surface area contributed by atoms with Crippen LogP contribution in [0.2, 0.25) is 0 Å². The predicted octanol–water partition coefficient (Wildman–Crippen LogP) is 4.64. The first-order valence-electron chi connectivity index (χ1n) is 5.66. The van der Waals surface area contributed by atoms with Gasteiger partial charge >= 0.3 is 0 Å². The Labute approximate surface area is 100 Å². The summed E-state index contributed by atoms with van der Waals surface area (Å²) in [4.78, 5) is 0. The van der Waals surface area contributed by atoms with Gasteiger partial charge in [0, 0.05) is 0 Å². The molecule has 0 amide bonds. The highest BCUT2D eigenvalue weighted by Crippen LogP contribution is 2.39. The molecule has 0 atom stereocenters. The molecule has 0 saturated heterocycles. The van der Waals surface area contributed by atoms with Gasteiger partial charge in [-0.25, -0.2) is 0 Å². The van der Waals surface area contributed by atoms with E-state index in [1.165, 1.54) is 5.57 Å². The van der Waals surface area contributed by atoms with E-state index in [2.05, 4.69) is 38.6 Å². The Morgan fingerprint density at radius 3 is 2.25 bits per heavy atom. The summed E-state index contributed by atoms with van der Waals surface area (Å²) in [6.45, 7) is 14.0. The van der Waals surface area contributed by atoms with Crippen LogP contribution in [0.3, 0.4) is 0 Å². The van der Waals surface area contributed by atoms with Gasteiger partial charge in [0.25, 0.3) is 0 Å². The van der Waals surface area contributed by atoms with Gasteiger partial charge in [-0.05, 0) is 38.2 Å². The minimum Gasteiger partial charge on any atom is -0.198 e. The third-order valence-corrected chi connectivity index (χ3v) is 2.69. The van der Waals surface area contributed by atoms with Crippen LogP contribution in [0.25, 0.3) is 0 Å². The molecule has 88 valence electrons. The highest BCUT2D eigenvalue weighted by molar-refractivity contribution is 5.27. The van der Waals surface area contributed by atoms with E-state index < -0.39 is 0 Å². The maximum Gasteiger partial charge on any atom is 0.0684 e. The molecule has 0 bridgehead atoms. The van der Waals surface area contributed by atoms with Crippen molar-refractivity contribution < 1.29 is 0 Å². The smallest absolute Gasteiger partial charge is 0.0684 e. The molecule has 0 aromatic carbocycles. The van der Waals surface area contributed by atoms with E-state index in [0.717, 1.165) is 6.42 Å². The van der Waals surface area contributed by atoms with Crippen LogP contribution in [0.1, 0.15) is 41.0 Å². The van der Waals surface area contributed by atoms with Crippen molar-refractivity contribution in [3.05, 3.63) is 36.5 Å². The van der Waals surface area contributed by atoms with E-state index in [4.69, 9.17) is 5.26 Å². The van der Waals surface area contributed by atoms with Crippen LogP contribution >= 0.6 is 0 Å². The molecule has 0 rings (SSSR count). The molecule has 0 radical (unpaired) electrons. The normalized spacial score (nSPS) is 13.9. The lowest BCUT2D eigenvalue weighted by Gasteiger charge is -2.32. The molecule has 0 aromatic rings.